The van der Waals surface area contributed by atoms with Crippen LogP contribution < -0.4 is 4.74 Å². The van der Waals surface area contributed by atoms with Crippen LogP contribution in [0, 0.1) is 6.92 Å². The number of ether oxygens (including phenoxy) is 1. The second kappa shape index (κ2) is 7.14. The van der Waals surface area contributed by atoms with Gasteiger partial charge in [-0.25, -0.2) is 0 Å². The smallest absolute Gasteiger partial charge is 0.119 e. The van der Waals surface area contributed by atoms with Crippen LogP contribution in [0.4, 0.5) is 0 Å². The van der Waals surface area contributed by atoms with E-state index in [0.29, 0.717) is 0 Å². The van der Waals surface area contributed by atoms with Gasteiger partial charge in [0, 0.05) is 17.8 Å². The van der Waals surface area contributed by atoms with E-state index in [1.165, 1.54) is 44.1 Å². The normalized spacial score (nSPS) is 11.2. The van der Waals surface area contributed by atoms with E-state index in [-0.39, 0.29) is 0 Å². The number of hydrogen-bond acceptors (Lipinski definition) is 1. The Kier molecular flexibility index (Phi) is 4.33. The molecule has 0 aliphatic heterocycles. The second-order valence-corrected chi connectivity index (χ2v) is 7.56. The summed E-state index contributed by atoms with van der Waals surface area (Å²) in [5.74, 6) is 0.890. The molecule has 29 heavy (non-hydrogen) atoms. The molecule has 1 aromatic heterocycles. The molecule has 0 fully saturated rings. The highest BCUT2D eigenvalue weighted by molar-refractivity contribution is 5.91. The summed E-state index contributed by atoms with van der Waals surface area (Å²) < 4.78 is 7.75. The number of methoxy groups -OCH3 is 1. The summed E-state index contributed by atoms with van der Waals surface area (Å²) in [5.41, 5.74) is 6.35. The third-order valence-electron chi connectivity index (χ3n) is 5.68. The van der Waals surface area contributed by atoms with Crippen LogP contribution in [0.2, 0.25) is 0 Å². The molecule has 1 heterocycles. The fraction of sp³-hybridized carbons (Fsp3) is 0.111. The molecule has 0 saturated heterocycles. The van der Waals surface area contributed by atoms with Gasteiger partial charge in [0.2, 0.25) is 0 Å². The number of aryl methyl sites for hydroxylation is 1. The lowest BCUT2D eigenvalue weighted by Crippen LogP contribution is -2.01. The Hall–Kier alpha value is -3.52. The van der Waals surface area contributed by atoms with E-state index < -0.39 is 0 Å². The first kappa shape index (κ1) is 17.6. The van der Waals surface area contributed by atoms with Crippen molar-refractivity contribution in [3.05, 3.63) is 102 Å². The lowest BCUT2D eigenvalue weighted by Gasteiger charge is -2.10. The van der Waals surface area contributed by atoms with Crippen molar-refractivity contribution in [2.45, 2.75) is 13.5 Å². The average molecular weight is 377 g/mol. The number of hydrogen-bond donors (Lipinski definition) is 0. The van der Waals surface area contributed by atoms with Gasteiger partial charge in [-0.2, -0.15) is 0 Å². The molecule has 0 spiro atoms. The highest BCUT2D eigenvalue weighted by Crippen LogP contribution is 2.30. The molecule has 142 valence electrons. The van der Waals surface area contributed by atoms with Crippen LogP contribution in [0.25, 0.3) is 32.8 Å². The fourth-order valence-electron chi connectivity index (χ4n) is 4.08. The molecule has 0 unspecified atom stereocenters. The van der Waals surface area contributed by atoms with Crippen LogP contribution in [-0.2, 0) is 6.54 Å². The van der Waals surface area contributed by atoms with Crippen LogP contribution in [0.5, 0.6) is 5.75 Å². The van der Waals surface area contributed by atoms with Crippen molar-refractivity contribution in [3.8, 4) is 16.9 Å². The van der Waals surface area contributed by atoms with Gasteiger partial charge in [-0.05, 0) is 70.1 Å². The van der Waals surface area contributed by atoms with Crippen molar-refractivity contribution in [2.75, 3.05) is 7.11 Å². The van der Waals surface area contributed by atoms with Gasteiger partial charge in [-0.3, -0.25) is 0 Å². The summed E-state index contributed by atoms with van der Waals surface area (Å²) in [4.78, 5) is 0. The highest BCUT2D eigenvalue weighted by atomic mass is 16.5. The lowest BCUT2D eigenvalue weighted by molar-refractivity contribution is 0.415. The van der Waals surface area contributed by atoms with Crippen molar-refractivity contribution in [2.24, 2.45) is 0 Å². The number of rotatable bonds is 4. The predicted molar refractivity (Wildman–Crippen MR) is 122 cm³/mol. The van der Waals surface area contributed by atoms with Crippen molar-refractivity contribution in [1.29, 1.82) is 0 Å². The summed E-state index contributed by atoms with van der Waals surface area (Å²) in [6, 6.07) is 32.5. The van der Waals surface area contributed by atoms with E-state index in [2.05, 4.69) is 96.4 Å². The zero-order valence-electron chi connectivity index (χ0n) is 16.7. The molecule has 5 rings (SSSR count). The van der Waals surface area contributed by atoms with Crippen molar-refractivity contribution in [3.63, 3.8) is 0 Å². The Morgan fingerprint density at radius 3 is 2.17 bits per heavy atom. The van der Waals surface area contributed by atoms with Crippen LogP contribution in [0.3, 0.4) is 0 Å². The summed E-state index contributed by atoms with van der Waals surface area (Å²) >= 11 is 0. The Labute approximate surface area is 171 Å². The van der Waals surface area contributed by atoms with Gasteiger partial charge in [0.25, 0.3) is 0 Å². The summed E-state index contributed by atoms with van der Waals surface area (Å²) in [7, 11) is 1.71. The van der Waals surface area contributed by atoms with Gasteiger partial charge in [0.15, 0.2) is 0 Å². The Balaban J connectivity index is 1.59. The van der Waals surface area contributed by atoms with Crippen LogP contribution in [0.1, 0.15) is 11.3 Å². The molecule has 0 atom stereocenters. The Bertz CT molecular complexity index is 1310. The Morgan fingerprint density at radius 2 is 1.38 bits per heavy atom. The number of benzene rings is 4. The molecule has 0 aliphatic rings. The van der Waals surface area contributed by atoms with Crippen LogP contribution in [-0.4, -0.2) is 11.7 Å². The first-order valence-corrected chi connectivity index (χ1v) is 9.93. The van der Waals surface area contributed by atoms with Gasteiger partial charge < -0.3 is 9.30 Å². The van der Waals surface area contributed by atoms with E-state index in [1.54, 1.807) is 7.11 Å². The number of nitrogens with zero attached hydrogens (tertiary/aromatic N) is 1. The summed E-state index contributed by atoms with van der Waals surface area (Å²) in [6.07, 6.45) is 0. The number of fused-ring (bicyclic) bond motifs is 2. The fourth-order valence-corrected chi connectivity index (χ4v) is 4.08. The molecule has 0 N–H and O–H groups in total. The van der Waals surface area contributed by atoms with Crippen LogP contribution in [0.15, 0.2) is 91.0 Å². The Morgan fingerprint density at radius 1 is 0.690 bits per heavy atom. The molecule has 5 aromatic rings. The van der Waals surface area contributed by atoms with E-state index in [0.717, 1.165) is 12.3 Å². The molecule has 0 saturated carbocycles. The van der Waals surface area contributed by atoms with E-state index in [4.69, 9.17) is 4.74 Å². The lowest BCUT2D eigenvalue weighted by atomic mass is 10.0. The molecular formula is C27H23NO. The minimum absolute atomic E-state index is 0.886. The molecule has 4 aromatic carbocycles. The van der Waals surface area contributed by atoms with Gasteiger partial charge >= 0.3 is 0 Å². The summed E-state index contributed by atoms with van der Waals surface area (Å²) in [5, 5.41) is 3.70. The minimum Gasteiger partial charge on any atom is -0.497 e. The molecule has 0 radical (unpaired) electrons. The zero-order chi connectivity index (χ0) is 19.8. The van der Waals surface area contributed by atoms with Gasteiger partial charge in [0.1, 0.15) is 5.75 Å². The summed E-state index contributed by atoms with van der Waals surface area (Å²) in [6.45, 7) is 3.07. The van der Waals surface area contributed by atoms with Gasteiger partial charge in [-0.15, -0.1) is 0 Å². The average Bonchev–Trinajstić information content (AvgIpc) is 3.08. The standard InChI is InChI=1S/C27H23NO/c1-19-14-25-11-10-24(17-27(25)28(19)18-20-6-4-3-5-7-20)21-8-9-23-16-26(29-2)13-12-22(23)15-21/h3-17H,18H2,1-2H3. The predicted octanol–water partition coefficient (Wildman–Crippen LogP) is 6.83. The largest absolute Gasteiger partial charge is 0.497 e. The van der Waals surface area contributed by atoms with Gasteiger partial charge in [0.05, 0.1) is 7.11 Å². The molecule has 0 amide bonds. The maximum Gasteiger partial charge on any atom is 0.119 e. The van der Waals surface area contributed by atoms with Gasteiger partial charge in [-0.1, -0.05) is 60.7 Å². The quantitative estimate of drug-likeness (QED) is 0.335. The maximum absolute atomic E-state index is 5.35. The van der Waals surface area contributed by atoms with Crippen molar-refractivity contribution >= 4 is 21.7 Å². The van der Waals surface area contributed by atoms with E-state index in [1.807, 2.05) is 6.07 Å². The first-order valence-electron chi connectivity index (χ1n) is 9.93. The van der Waals surface area contributed by atoms with Crippen molar-refractivity contribution in [1.82, 2.24) is 4.57 Å². The molecule has 2 heteroatoms. The third kappa shape index (κ3) is 3.27. The first-order chi connectivity index (χ1) is 14.2. The highest BCUT2D eigenvalue weighted by Gasteiger charge is 2.09. The monoisotopic (exact) mass is 377 g/mol. The van der Waals surface area contributed by atoms with Crippen LogP contribution >= 0.6 is 0 Å². The number of aromatic nitrogens is 1. The second-order valence-electron chi connectivity index (χ2n) is 7.56. The minimum atomic E-state index is 0.886. The molecular weight excluding hydrogens is 354 g/mol. The zero-order valence-corrected chi connectivity index (χ0v) is 16.7. The van der Waals surface area contributed by atoms with E-state index in [9.17, 15) is 0 Å². The topological polar surface area (TPSA) is 14.2 Å². The SMILES string of the molecule is COc1ccc2cc(-c3ccc4cc(C)n(Cc5ccccc5)c4c3)ccc2c1. The third-order valence-corrected chi connectivity index (χ3v) is 5.68. The molecule has 2 nitrogen and oxygen atoms in total. The molecule has 0 bridgehead atoms. The van der Waals surface area contributed by atoms with Crippen molar-refractivity contribution < 1.29 is 4.74 Å². The maximum atomic E-state index is 5.35. The van der Waals surface area contributed by atoms with E-state index >= 15 is 0 Å². The molecule has 0 aliphatic carbocycles.